The number of nitrogens with zero attached hydrogens (tertiary/aromatic N) is 1. The first-order valence-corrected chi connectivity index (χ1v) is 5.64. The summed E-state index contributed by atoms with van der Waals surface area (Å²) >= 11 is 2.18. The third-order valence-electron chi connectivity index (χ3n) is 1.65. The summed E-state index contributed by atoms with van der Waals surface area (Å²) in [6, 6.07) is 5.73. The van der Waals surface area contributed by atoms with Gasteiger partial charge in [0.25, 0.3) is 0 Å². The SMILES string of the molecule is C=N/C(=C\C=C(/C)I)Oc1ccc(F)cc1. The molecule has 4 heteroatoms. The lowest BCUT2D eigenvalue weighted by Crippen LogP contribution is -1.91. The molecular formula is C12H11FINO. The monoisotopic (exact) mass is 331 g/mol. The van der Waals surface area contributed by atoms with Crippen molar-refractivity contribution in [3.8, 4) is 5.75 Å². The fourth-order valence-electron chi connectivity index (χ4n) is 0.929. The Bertz CT molecular complexity index is 419. The zero-order valence-corrected chi connectivity index (χ0v) is 10.9. The number of allylic oxidation sites excluding steroid dienone is 3. The second-order valence-electron chi connectivity index (χ2n) is 2.97. The highest BCUT2D eigenvalue weighted by Gasteiger charge is 1.97. The molecule has 0 aliphatic heterocycles. The van der Waals surface area contributed by atoms with Crippen LogP contribution in [0.3, 0.4) is 0 Å². The van der Waals surface area contributed by atoms with Crippen LogP contribution in [0, 0.1) is 5.82 Å². The number of aliphatic imine (C=N–C) groups is 1. The molecule has 0 radical (unpaired) electrons. The normalized spacial score (nSPS) is 12.4. The number of halogens is 2. The molecule has 0 bridgehead atoms. The van der Waals surface area contributed by atoms with Gasteiger partial charge in [0.05, 0.1) is 0 Å². The van der Waals surface area contributed by atoms with Gasteiger partial charge in [-0.25, -0.2) is 9.38 Å². The van der Waals surface area contributed by atoms with E-state index < -0.39 is 0 Å². The first-order valence-electron chi connectivity index (χ1n) is 4.56. The maximum absolute atomic E-state index is 12.6. The topological polar surface area (TPSA) is 21.6 Å². The summed E-state index contributed by atoms with van der Waals surface area (Å²) in [5, 5.41) is 0. The molecule has 0 heterocycles. The maximum atomic E-state index is 12.6. The number of hydrogen-bond acceptors (Lipinski definition) is 2. The highest BCUT2D eigenvalue weighted by molar-refractivity contribution is 14.1. The summed E-state index contributed by atoms with van der Waals surface area (Å²) in [4.78, 5) is 3.72. The molecule has 1 rings (SSSR count). The Hall–Kier alpha value is -1.17. The van der Waals surface area contributed by atoms with Gasteiger partial charge >= 0.3 is 0 Å². The van der Waals surface area contributed by atoms with Gasteiger partial charge < -0.3 is 4.74 Å². The van der Waals surface area contributed by atoms with E-state index in [9.17, 15) is 4.39 Å². The predicted octanol–water partition coefficient (Wildman–Crippen LogP) is 4.09. The van der Waals surface area contributed by atoms with E-state index in [0.29, 0.717) is 11.6 Å². The Morgan fingerprint density at radius 3 is 2.50 bits per heavy atom. The number of hydrogen-bond donors (Lipinski definition) is 0. The predicted molar refractivity (Wildman–Crippen MR) is 72.4 cm³/mol. The zero-order valence-electron chi connectivity index (χ0n) is 8.78. The second-order valence-corrected chi connectivity index (χ2v) is 4.67. The molecule has 0 fully saturated rings. The van der Waals surface area contributed by atoms with Crippen LogP contribution in [0.1, 0.15) is 6.92 Å². The molecule has 0 unspecified atom stereocenters. The van der Waals surface area contributed by atoms with Crippen molar-refractivity contribution in [2.24, 2.45) is 4.99 Å². The van der Waals surface area contributed by atoms with Crippen molar-refractivity contribution in [3.63, 3.8) is 0 Å². The average Bonchev–Trinajstić information content (AvgIpc) is 2.26. The summed E-state index contributed by atoms with van der Waals surface area (Å²) in [6.07, 6.45) is 3.56. The molecule has 0 saturated heterocycles. The van der Waals surface area contributed by atoms with Crippen LogP contribution < -0.4 is 4.74 Å². The Balaban J connectivity index is 2.78. The number of ether oxygens (including phenoxy) is 1. The largest absolute Gasteiger partial charge is 0.439 e. The van der Waals surface area contributed by atoms with Crippen molar-refractivity contribution < 1.29 is 9.13 Å². The molecule has 0 N–H and O–H groups in total. The lowest BCUT2D eigenvalue weighted by Gasteiger charge is -2.04. The third-order valence-corrected chi connectivity index (χ3v) is 2.01. The van der Waals surface area contributed by atoms with Crippen molar-refractivity contribution in [1.29, 1.82) is 0 Å². The van der Waals surface area contributed by atoms with Gasteiger partial charge in [-0.2, -0.15) is 0 Å². The molecular weight excluding hydrogens is 320 g/mol. The van der Waals surface area contributed by atoms with Gasteiger partial charge in [-0.1, -0.05) is 0 Å². The Morgan fingerprint density at radius 1 is 1.38 bits per heavy atom. The highest BCUT2D eigenvalue weighted by Crippen LogP contribution is 2.15. The van der Waals surface area contributed by atoms with Crippen molar-refractivity contribution in [3.05, 3.63) is 51.7 Å². The molecule has 1 aromatic carbocycles. The van der Waals surface area contributed by atoms with Gasteiger partial charge in [0.1, 0.15) is 11.6 Å². The summed E-state index contributed by atoms with van der Waals surface area (Å²) in [6.45, 7) is 5.36. The summed E-state index contributed by atoms with van der Waals surface area (Å²) in [5.41, 5.74) is 0. The minimum absolute atomic E-state index is 0.299. The van der Waals surface area contributed by atoms with E-state index in [0.717, 1.165) is 3.58 Å². The van der Waals surface area contributed by atoms with Crippen LogP contribution in [0.25, 0.3) is 0 Å². The quantitative estimate of drug-likeness (QED) is 0.353. The first-order chi connectivity index (χ1) is 7.61. The van der Waals surface area contributed by atoms with E-state index >= 15 is 0 Å². The Labute approximate surface area is 108 Å². The molecule has 0 atom stereocenters. The van der Waals surface area contributed by atoms with E-state index in [-0.39, 0.29) is 5.82 Å². The second kappa shape index (κ2) is 6.42. The van der Waals surface area contributed by atoms with Crippen molar-refractivity contribution in [1.82, 2.24) is 0 Å². The van der Waals surface area contributed by atoms with Crippen molar-refractivity contribution in [2.45, 2.75) is 6.92 Å². The van der Waals surface area contributed by atoms with Gasteiger partial charge in [-0.05, 0) is 70.2 Å². The van der Waals surface area contributed by atoms with Gasteiger partial charge in [0.15, 0.2) is 0 Å². The third kappa shape index (κ3) is 4.57. The van der Waals surface area contributed by atoms with E-state index in [4.69, 9.17) is 4.74 Å². The minimum Gasteiger partial charge on any atom is -0.439 e. The van der Waals surface area contributed by atoms with Gasteiger partial charge in [0.2, 0.25) is 5.88 Å². The lowest BCUT2D eigenvalue weighted by molar-refractivity contribution is 0.421. The van der Waals surface area contributed by atoms with Crippen LogP contribution >= 0.6 is 22.6 Å². The number of benzene rings is 1. The van der Waals surface area contributed by atoms with Crippen molar-refractivity contribution in [2.75, 3.05) is 0 Å². The summed E-state index contributed by atoms with van der Waals surface area (Å²) in [5.74, 6) is 0.606. The molecule has 84 valence electrons. The van der Waals surface area contributed by atoms with Gasteiger partial charge in [-0.3, -0.25) is 0 Å². The fourth-order valence-corrected chi connectivity index (χ4v) is 1.11. The highest BCUT2D eigenvalue weighted by atomic mass is 127. The summed E-state index contributed by atoms with van der Waals surface area (Å²) in [7, 11) is 0. The first kappa shape index (κ1) is 12.9. The average molecular weight is 331 g/mol. The fraction of sp³-hybridized carbons (Fsp3) is 0.0833. The molecule has 16 heavy (non-hydrogen) atoms. The minimum atomic E-state index is -0.299. The van der Waals surface area contributed by atoms with Gasteiger partial charge in [-0.15, -0.1) is 0 Å². The van der Waals surface area contributed by atoms with E-state index in [1.165, 1.54) is 24.3 Å². The van der Waals surface area contributed by atoms with E-state index in [1.807, 2.05) is 13.0 Å². The molecule has 0 aromatic heterocycles. The maximum Gasteiger partial charge on any atom is 0.218 e. The molecule has 0 amide bonds. The standard InChI is InChI=1S/C12H11FINO/c1-9(14)3-8-12(15-2)16-11-6-4-10(13)5-7-11/h3-8H,2H2,1H3/b9-3+,12-8+. The molecule has 1 aromatic rings. The van der Waals surface area contributed by atoms with E-state index in [2.05, 4.69) is 34.3 Å². The zero-order chi connectivity index (χ0) is 12.0. The Kier molecular flexibility index (Phi) is 5.18. The smallest absolute Gasteiger partial charge is 0.218 e. The Morgan fingerprint density at radius 2 is 2.00 bits per heavy atom. The van der Waals surface area contributed by atoms with Crippen molar-refractivity contribution >= 4 is 29.3 Å². The molecule has 0 aliphatic carbocycles. The van der Waals surface area contributed by atoms with Crippen LogP contribution in [0.4, 0.5) is 4.39 Å². The van der Waals surface area contributed by atoms with Crippen LogP contribution in [0.2, 0.25) is 0 Å². The van der Waals surface area contributed by atoms with Crippen LogP contribution in [0.5, 0.6) is 5.75 Å². The molecule has 2 nitrogen and oxygen atoms in total. The molecule has 0 spiro atoms. The number of rotatable bonds is 4. The molecule has 0 aliphatic rings. The van der Waals surface area contributed by atoms with Crippen LogP contribution in [-0.2, 0) is 0 Å². The lowest BCUT2D eigenvalue weighted by atomic mass is 10.3. The van der Waals surface area contributed by atoms with E-state index in [1.54, 1.807) is 6.08 Å². The van der Waals surface area contributed by atoms with Crippen LogP contribution in [-0.4, -0.2) is 6.72 Å². The summed E-state index contributed by atoms with van der Waals surface area (Å²) < 4.78 is 19.1. The molecule has 0 saturated carbocycles. The van der Waals surface area contributed by atoms with Crippen LogP contribution in [0.15, 0.2) is 50.9 Å². The van der Waals surface area contributed by atoms with Gasteiger partial charge in [0, 0.05) is 6.08 Å².